The van der Waals surface area contributed by atoms with Crippen LogP contribution in [0.3, 0.4) is 0 Å². The lowest BCUT2D eigenvalue weighted by Gasteiger charge is -2.09. The third-order valence-corrected chi connectivity index (χ3v) is 2.97. The van der Waals surface area contributed by atoms with Crippen molar-refractivity contribution >= 4 is 23.6 Å². The summed E-state index contributed by atoms with van der Waals surface area (Å²) in [5.41, 5.74) is 1.49. The summed E-state index contributed by atoms with van der Waals surface area (Å²) in [6.45, 7) is 0.276. The molecule has 108 valence electrons. The Kier molecular flexibility index (Phi) is 4.85. The highest BCUT2D eigenvalue weighted by molar-refractivity contribution is 6.32. The molecule has 0 atom stereocenters. The van der Waals surface area contributed by atoms with Crippen LogP contribution in [0.4, 0.5) is 0 Å². The molecule has 0 aromatic heterocycles. The Balaban J connectivity index is 2.06. The second-order valence-electron chi connectivity index (χ2n) is 4.32. The number of phenols is 1. The third kappa shape index (κ3) is 4.54. The van der Waals surface area contributed by atoms with Gasteiger partial charge in [0.25, 0.3) is 0 Å². The van der Waals surface area contributed by atoms with E-state index in [0.29, 0.717) is 16.3 Å². The van der Waals surface area contributed by atoms with Crippen molar-refractivity contribution in [3.8, 4) is 11.5 Å². The largest absolute Gasteiger partial charge is 0.508 e. The number of phenolic OH excluding ortho intramolecular Hbond substituents is 1. The van der Waals surface area contributed by atoms with Crippen molar-refractivity contribution in [1.29, 1.82) is 0 Å². The van der Waals surface area contributed by atoms with Gasteiger partial charge in [-0.05, 0) is 41.5 Å². The molecule has 2 rings (SSSR count). The van der Waals surface area contributed by atoms with Crippen LogP contribution in [0.25, 0.3) is 6.08 Å². The number of aliphatic carboxylic acids is 1. The van der Waals surface area contributed by atoms with Gasteiger partial charge in [0.2, 0.25) is 0 Å². The molecule has 2 aromatic rings. The number of ether oxygens (including phenoxy) is 1. The fraction of sp³-hybridized carbons (Fsp3) is 0.0625. The van der Waals surface area contributed by atoms with Crippen LogP contribution in [-0.2, 0) is 11.4 Å². The maximum atomic E-state index is 10.4. The maximum absolute atomic E-state index is 10.4. The molecule has 0 heterocycles. The van der Waals surface area contributed by atoms with Crippen LogP contribution in [0.1, 0.15) is 11.1 Å². The van der Waals surface area contributed by atoms with Crippen LogP contribution in [0.15, 0.2) is 48.5 Å². The van der Waals surface area contributed by atoms with Gasteiger partial charge in [0, 0.05) is 6.08 Å². The van der Waals surface area contributed by atoms with Gasteiger partial charge < -0.3 is 14.9 Å². The summed E-state index contributed by atoms with van der Waals surface area (Å²) in [6, 6.07) is 11.8. The molecule has 0 unspecified atom stereocenters. The highest BCUT2D eigenvalue weighted by Gasteiger charge is 2.03. The monoisotopic (exact) mass is 304 g/mol. The van der Waals surface area contributed by atoms with Gasteiger partial charge in [0.15, 0.2) is 0 Å². The normalized spacial score (nSPS) is 10.7. The van der Waals surface area contributed by atoms with Gasteiger partial charge in [-0.3, -0.25) is 0 Å². The van der Waals surface area contributed by atoms with Crippen molar-refractivity contribution in [1.82, 2.24) is 0 Å². The fourth-order valence-electron chi connectivity index (χ4n) is 1.71. The van der Waals surface area contributed by atoms with E-state index >= 15 is 0 Å². The zero-order valence-corrected chi connectivity index (χ0v) is 11.7. The molecule has 4 nitrogen and oxygen atoms in total. The Morgan fingerprint density at radius 3 is 2.71 bits per heavy atom. The first-order chi connectivity index (χ1) is 10.0. The average Bonchev–Trinajstić information content (AvgIpc) is 2.44. The van der Waals surface area contributed by atoms with Gasteiger partial charge in [-0.25, -0.2) is 4.79 Å². The van der Waals surface area contributed by atoms with E-state index < -0.39 is 5.97 Å². The predicted octanol–water partition coefficient (Wildman–Crippen LogP) is 3.72. The lowest BCUT2D eigenvalue weighted by molar-refractivity contribution is -0.131. The van der Waals surface area contributed by atoms with Crippen molar-refractivity contribution in [3.63, 3.8) is 0 Å². The topological polar surface area (TPSA) is 66.8 Å². The average molecular weight is 305 g/mol. The predicted molar refractivity (Wildman–Crippen MR) is 80.6 cm³/mol. The summed E-state index contributed by atoms with van der Waals surface area (Å²) in [5, 5.41) is 18.3. The first kappa shape index (κ1) is 14.9. The van der Waals surface area contributed by atoms with Crippen LogP contribution >= 0.6 is 11.6 Å². The lowest BCUT2D eigenvalue weighted by atomic mass is 10.2. The zero-order valence-electron chi connectivity index (χ0n) is 11.0. The summed E-state index contributed by atoms with van der Waals surface area (Å²) in [5.74, 6) is -0.348. The molecule has 0 aliphatic carbocycles. The van der Waals surface area contributed by atoms with E-state index in [0.717, 1.165) is 11.6 Å². The molecule has 0 radical (unpaired) electrons. The number of carboxylic acids is 1. The Hall–Kier alpha value is -2.46. The van der Waals surface area contributed by atoms with E-state index in [1.807, 2.05) is 6.07 Å². The molecule has 2 N–H and O–H groups in total. The van der Waals surface area contributed by atoms with Gasteiger partial charge in [0.1, 0.15) is 18.1 Å². The second-order valence-corrected chi connectivity index (χ2v) is 4.73. The summed E-state index contributed by atoms with van der Waals surface area (Å²) in [4.78, 5) is 10.4. The minimum absolute atomic E-state index is 0.177. The molecular formula is C16H13ClO4. The molecule has 0 fully saturated rings. The number of benzene rings is 2. The van der Waals surface area contributed by atoms with Crippen molar-refractivity contribution in [2.75, 3.05) is 0 Å². The van der Waals surface area contributed by atoms with Crippen LogP contribution in [0.5, 0.6) is 11.5 Å². The van der Waals surface area contributed by atoms with Gasteiger partial charge in [-0.2, -0.15) is 0 Å². The quantitative estimate of drug-likeness (QED) is 0.826. The number of rotatable bonds is 5. The second kappa shape index (κ2) is 6.81. The molecule has 0 spiro atoms. The van der Waals surface area contributed by atoms with Crippen LogP contribution < -0.4 is 4.74 Å². The van der Waals surface area contributed by atoms with Crippen LogP contribution in [-0.4, -0.2) is 16.2 Å². The Labute approximate surface area is 126 Å². The molecule has 0 saturated carbocycles. The number of carbonyl (C=O) groups is 1. The first-order valence-corrected chi connectivity index (χ1v) is 6.53. The Morgan fingerprint density at radius 2 is 2.05 bits per heavy atom. The van der Waals surface area contributed by atoms with E-state index in [-0.39, 0.29) is 12.4 Å². The smallest absolute Gasteiger partial charge is 0.328 e. The molecule has 0 amide bonds. The molecule has 0 saturated heterocycles. The van der Waals surface area contributed by atoms with Crippen LogP contribution in [0, 0.1) is 0 Å². The van der Waals surface area contributed by atoms with Crippen molar-refractivity contribution in [2.24, 2.45) is 0 Å². The standard InChI is InChI=1S/C16H13ClO4/c17-14-9-11(5-7-16(19)20)4-6-15(14)21-10-12-2-1-3-13(18)8-12/h1-9,18H,10H2,(H,19,20)/b7-5+. The van der Waals surface area contributed by atoms with Crippen molar-refractivity contribution < 1.29 is 19.7 Å². The fourth-order valence-corrected chi connectivity index (χ4v) is 1.96. The van der Waals surface area contributed by atoms with E-state index in [2.05, 4.69) is 0 Å². The third-order valence-electron chi connectivity index (χ3n) is 2.68. The summed E-state index contributed by atoms with van der Waals surface area (Å²) >= 11 is 6.09. The highest BCUT2D eigenvalue weighted by Crippen LogP contribution is 2.27. The molecule has 0 bridgehead atoms. The number of hydrogen-bond acceptors (Lipinski definition) is 3. The van der Waals surface area contributed by atoms with Gasteiger partial charge in [-0.1, -0.05) is 29.8 Å². The first-order valence-electron chi connectivity index (χ1n) is 6.16. The van der Waals surface area contributed by atoms with E-state index in [1.54, 1.807) is 36.4 Å². The Bertz CT molecular complexity index is 680. The number of halogens is 1. The summed E-state index contributed by atoms with van der Waals surface area (Å²) < 4.78 is 5.57. The van der Waals surface area contributed by atoms with Crippen molar-refractivity contribution in [3.05, 3.63) is 64.7 Å². The van der Waals surface area contributed by atoms with Gasteiger partial charge in [0.05, 0.1) is 5.02 Å². The van der Waals surface area contributed by atoms with E-state index in [1.165, 1.54) is 6.08 Å². The SMILES string of the molecule is O=C(O)/C=C/c1ccc(OCc2cccc(O)c2)c(Cl)c1. The minimum atomic E-state index is -1.02. The van der Waals surface area contributed by atoms with Gasteiger partial charge in [-0.15, -0.1) is 0 Å². The zero-order chi connectivity index (χ0) is 15.2. The minimum Gasteiger partial charge on any atom is -0.508 e. The number of hydrogen-bond donors (Lipinski definition) is 2. The lowest BCUT2D eigenvalue weighted by Crippen LogP contribution is -1.96. The van der Waals surface area contributed by atoms with Crippen molar-refractivity contribution in [2.45, 2.75) is 6.61 Å². The molecule has 21 heavy (non-hydrogen) atoms. The molecule has 0 aliphatic rings. The Morgan fingerprint density at radius 1 is 1.24 bits per heavy atom. The molecule has 5 heteroatoms. The van der Waals surface area contributed by atoms with Crippen LogP contribution in [0.2, 0.25) is 5.02 Å². The maximum Gasteiger partial charge on any atom is 0.328 e. The number of carboxylic acid groups (broad SMARTS) is 1. The van der Waals surface area contributed by atoms with E-state index in [9.17, 15) is 9.90 Å². The van der Waals surface area contributed by atoms with Gasteiger partial charge >= 0.3 is 5.97 Å². The molecular weight excluding hydrogens is 292 g/mol. The molecule has 0 aliphatic heterocycles. The highest BCUT2D eigenvalue weighted by atomic mass is 35.5. The number of aromatic hydroxyl groups is 1. The van der Waals surface area contributed by atoms with E-state index in [4.69, 9.17) is 21.4 Å². The summed E-state index contributed by atoms with van der Waals surface area (Å²) in [6.07, 6.45) is 2.49. The molecule has 2 aromatic carbocycles. The summed E-state index contributed by atoms with van der Waals surface area (Å²) in [7, 11) is 0.